The Morgan fingerprint density at radius 3 is 2.43 bits per heavy atom. The number of hydrogen-bond acceptors (Lipinski definition) is 5. The molecule has 0 spiro atoms. The summed E-state index contributed by atoms with van der Waals surface area (Å²) in [5, 5.41) is 19.8. The molecule has 0 aliphatic carbocycles. The number of hydrogen-bond donors (Lipinski definition) is 1. The van der Waals surface area contributed by atoms with Gasteiger partial charge < -0.3 is 9.84 Å². The molecule has 2 rings (SSSR count). The molecule has 2 aromatic carbocycles. The molecule has 0 saturated carbocycles. The van der Waals surface area contributed by atoms with E-state index in [1.165, 1.54) is 37.1 Å². The maximum atomic E-state index is 11.3. The first-order valence-corrected chi connectivity index (χ1v) is 6.66. The Balaban J connectivity index is 2.30. The number of rotatable bonds is 5. The van der Waals surface area contributed by atoms with Gasteiger partial charge in [-0.2, -0.15) is 0 Å². The average molecular weight is 305 g/mol. The van der Waals surface area contributed by atoms with Crippen LogP contribution >= 0.6 is 11.8 Å². The molecule has 108 valence electrons. The number of nitro groups is 1. The van der Waals surface area contributed by atoms with Gasteiger partial charge in [0.1, 0.15) is 5.75 Å². The summed E-state index contributed by atoms with van der Waals surface area (Å²) in [4.78, 5) is 22.6. The van der Waals surface area contributed by atoms with Crippen molar-refractivity contribution in [2.75, 3.05) is 7.11 Å². The third-order valence-electron chi connectivity index (χ3n) is 2.69. The molecule has 0 radical (unpaired) electrons. The fourth-order valence-corrected chi connectivity index (χ4v) is 2.57. The summed E-state index contributed by atoms with van der Waals surface area (Å²) in [6.07, 6.45) is 0. The number of carboxylic acids is 1. The zero-order chi connectivity index (χ0) is 15.4. The van der Waals surface area contributed by atoms with Crippen LogP contribution in [0.1, 0.15) is 10.4 Å². The van der Waals surface area contributed by atoms with Gasteiger partial charge in [-0.05, 0) is 30.3 Å². The van der Waals surface area contributed by atoms with E-state index in [9.17, 15) is 20.0 Å². The molecule has 7 heteroatoms. The highest BCUT2D eigenvalue weighted by molar-refractivity contribution is 7.99. The molecular formula is C14H11NO5S. The number of aromatic carboxylic acids is 1. The van der Waals surface area contributed by atoms with Crippen LogP contribution in [0.3, 0.4) is 0 Å². The summed E-state index contributed by atoms with van der Waals surface area (Å²) < 4.78 is 5.00. The van der Waals surface area contributed by atoms with Gasteiger partial charge in [-0.15, -0.1) is 0 Å². The first kappa shape index (κ1) is 14.9. The molecule has 0 aliphatic heterocycles. The molecule has 21 heavy (non-hydrogen) atoms. The van der Waals surface area contributed by atoms with Crippen LogP contribution in [0.15, 0.2) is 52.3 Å². The summed E-state index contributed by atoms with van der Waals surface area (Å²) in [5.74, 6) is -0.598. The Kier molecular flexibility index (Phi) is 4.44. The molecule has 1 N–H and O–H groups in total. The Bertz CT molecular complexity index is 684. The number of carboxylic acid groups (broad SMARTS) is 1. The van der Waals surface area contributed by atoms with Crippen molar-refractivity contribution in [2.45, 2.75) is 9.79 Å². The minimum Gasteiger partial charge on any atom is -0.497 e. The third-order valence-corrected chi connectivity index (χ3v) is 3.78. The van der Waals surface area contributed by atoms with Crippen molar-refractivity contribution >= 4 is 23.4 Å². The van der Waals surface area contributed by atoms with E-state index in [0.717, 1.165) is 0 Å². The van der Waals surface area contributed by atoms with Crippen molar-refractivity contribution in [1.29, 1.82) is 0 Å². The number of nitro benzene ring substituents is 1. The SMILES string of the molecule is COc1ccc(Sc2ccc([N+](=O)[O-])cc2)c(C(=O)O)c1. The number of ether oxygens (including phenoxy) is 1. The van der Waals surface area contributed by atoms with Crippen molar-refractivity contribution in [2.24, 2.45) is 0 Å². The molecule has 0 unspecified atom stereocenters. The van der Waals surface area contributed by atoms with E-state index in [1.54, 1.807) is 24.3 Å². The van der Waals surface area contributed by atoms with Crippen LogP contribution in [0, 0.1) is 10.1 Å². The first-order valence-electron chi connectivity index (χ1n) is 5.85. The second-order valence-electron chi connectivity index (χ2n) is 4.02. The van der Waals surface area contributed by atoms with Gasteiger partial charge in [0.2, 0.25) is 0 Å². The van der Waals surface area contributed by atoms with Crippen molar-refractivity contribution < 1.29 is 19.6 Å². The topological polar surface area (TPSA) is 89.7 Å². The molecule has 6 nitrogen and oxygen atoms in total. The molecule has 0 heterocycles. The van der Waals surface area contributed by atoms with E-state index >= 15 is 0 Å². The molecule has 2 aromatic rings. The second-order valence-corrected chi connectivity index (χ2v) is 5.14. The largest absolute Gasteiger partial charge is 0.497 e. The van der Waals surface area contributed by atoms with Crippen LogP contribution in [0.4, 0.5) is 5.69 Å². The highest BCUT2D eigenvalue weighted by atomic mass is 32.2. The lowest BCUT2D eigenvalue weighted by Gasteiger charge is -2.08. The van der Waals surface area contributed by atoms with E-state index in [-0.39, 0.29) is 11.3 Å². The van der Waals surface area contributed by atoms with Gasteiger partial charge in [0.05, 0.1) is 17.6 Å². The fourth-order valence-electron chi connectivity index (χ4n) is 1.66. The highest BCUT2D eigenvalue weighted by Gasteiger charge is 2.13. The number of benzene rings is 2. The molecule has 0 saturated heterocycles. The second kappa shape index (κ2) is 6.27. The Morgan fingerprint density at radius 2 is 1.90 bits per heavy atom. The predicted octanol–water partition coefficient (Wildman–Crippen LogP) is 3.45. The normalized spacial score (nSPS) is 10.1. The average Bonchev–Trinajstić information content (AvgIpc) is 2.48. The smallest absolute Gasteiger partial charge is 0.336 e. The summed E-state index contributed by atoms with van der Waals surface area (Å²) >= 11 is 1.22. The quantitative estimate of drug-likeness (QED) is 0.672. The van der Waals surface area contributed by atoms with Gasteiger partial charge in [0.15, 0.2) is 0 Å². The molecular weight excluding hydrogens is 294 g/mol. The lowest BCUT2D eigenvalue weighted by Crippen LogP contribution is -1.99. The van der Waals surface area contributed by atoms with E-state index in [1.807, 2.05) is 0 Å². The highest BCUT2D eigenvalue weighted by Crippen LogP contribution is 2.33. The molecule has 0 atom stereocenters. The van der Waals surface area contributed by atoms with Crippen LogP contribution in [0.5, 0.6) is 5.75 Å². The zero-order valence-corrected chi connectivity index (χ0v) is 11.8. The van der Waals surface area contributed by atoms with Crippen LogP contribution in [-0.4, -0.2) is 23.1 Å². The number of methoxy groups -OCH3 is 1. The predicted molar refractivity (Wildman–Crippen MR) is 77.2 cm³/mol. The van der Waals surface area contributed by atoms with Gasteiger partial charge in [-0.3, -0.25) is 10.1 Å². The molecule has 0 fully saturated rings. The molecule has 0 amide bonds. The van der Waals surface area contributed by atoms with Crippen molar-refractivity contribution in [3.05, 3.63) is 58.1 Å². The standard InChI is InChI=1S/C14H11NO5S/c1-20-10-4-7-13(12(8-10)14(16)17)21-11-5-2-9(3-6-11)15(18)19/h2-8H,1H3,(H,16,17). The van der Waals surface area contributed by atoms with Gasteiger partial charge in [-0.25, -0.2) is 4.79 Å². The summed E-state index contributed by atoms with van der Waals surface area (Å²) in [7, 11) is 1.46. The number of non-ortho nitro benzene ring substituents is 1. The minimum atomic E-state index is -1.06. The summed E-state index contributed by atoms with van der Waals surface area (Å²) in [6.45, 7) is 0. The van der Waals surface area contributed by atoms with E-state index < -0.39 is 10.9 Å². The molecule has 0 aliphatic rings. The maximum Gasteiger partial charge on any atom is 0.336 e. The Hall–Kier alpha value is -2.54. The molecule has 0 bridgehead atoms. The van der Waals surface area contributed by atoms with Gasteiger partial charge >= 0.3 is 5.97 Å². The zero-order valence-electron chi connectivity index (χ0n) is 11.0. The van der Waals surface area contributed by atoms with Crippen molar-refractivity contribution in [3.63, 3.8) is 0 Å². The lowest BCUT2D eigenvalue weighted by atomic mass is 10.2. The summed E-state index contributed by atoms with van der Waals surface area (Å²) in [6, 6.07) is 10.7. The van der Waals surface area contributed by atoms with E-state index in [0.29, 0.717) is 15.5 Å². The van der Waals surface area contributed by atoms with Crippen LogP contribution in [-0.2, 0) is 0 Å². The van der Waals surface area contributed by atoms with Gasteiger partial charge in [0.25, 0.3) is 5.69 Å². The number of nitrogens with zero attached hydrogens (tertiary/aromatic N) is 1. The molecule has 0 aromatic heterocycles. The van der Waals surface area contributed by atoms with E-state index in [4.69, 9.17) is 4.74 Å². The summed E-state index contributed by atoms with van der Waals surface area (Å²) in [5.41, 5.74) is 0.116. The number of carbonyl (C=O) groups is 1. The van der Waals surface area contributed by atoms with Crippen molar-refractivity contribution in [1.82, 2.24) is 0 Å². The van der Waals surface area contributed by atoms with Gasteiger partial charge in [-0.1, -0.05) is 11.8 Å². The first-order chi connectivity index (χ1) is 10.0. The fraction of sp³-hybridized carbons (Fsp3) is 0.0714. The third kappa shape index (κ3) is 3.51. The van der Waals surface area contributed by atoms with Crippen LogP contribution in [0.25, 0.3) is 0 Å². The van der Waals surface area contributed by atoms with E-state index in [2.05, 4.69) is 0 Å². The van der Waals surface area contributed by atoms with Crippen molar-refractivity contribution in [3.8, 4) is 5.75 Å². The Labute approximate surface area is 124 Å². The maximum absolute atomic E-state index is 11.3. The van der Waals surface area contributed by atoms with Gasteiger partial charge in [0, 0.05) is 21.9 Å². The Morgan fingerprint density at radius 1 is 1.24 bits per heavy atom. The monoisotopic (exact) mass is 305 g/mol. The van der Waals surface area contributed by atoms with Crippen LogP contribution in [0.2, 0.25) is 0 Å². The lowest BCUT2D eigenvalue weighted by molar-refractivity contribution is -0.384. The minimum absolute atomic E-state index is 0.00691. The van der Waals surface area contributed by atoms with Crippen LogP contribution < -0.4 is 4.74 Å².